The molecule has 0 heterocycles. The lowest BCUT2D eigenvalue weighted by atomic mass is 10.2. The molecule has 0 atom stereocenters. The topological polar surface area (TPSA) is 0 Å². The average molecular weight is 269 g/mol. The van der Waals surface area contributed by atoms with E-state index in [9.17, 15) is 0 Å². The number of nitrogens with zero attached hydrogens (tertiary/aromatic N) is 1. The Morgan fingerprint density at radius 2 is 1.60 bits per heavy atom. The molecule has 0 radical (unpaired) electrons. The van der Waals surface area contributed by atoms with Gasteiger partial charge in [0.05, 0.1) is 14.1 Å². The van der Waals surface area contributed by atoms with Gasteiger partial charge in [-0.1, -0.05) is 30.3 Å². The van der Waals surface area contributed by atoms with Crippen molar-refractivity contribution >= 4 is 23.2 Å². The maximum atomic E-state index is 6.11. The van der Waals surface area contributed by atoms with E-state index in [0.29, 0.717) is 4.48 Å². The van der Waals surface area contributed by atoms with Gasteiger partial charge in [-0.15, -0.1) is 0 Å². The zero-order valence-electron chi connectivity index (χ0n) is 9.17. The molecule has 0 aliphatic heterocycles. The molecule has 0 unspecified atom stereocenters. The van der Waals surface area contributed by atoms with Gasteiger partial charge in [0, 0.05) is 12.5 Å². The van der Waals surface area contributed by atoms with Crippen LogP contribution in [-0.2, 0) is 6.54 Å². The Bertz CT molecular complexity index is 290. The van der Waals surface area contributed by atoms with Crippen LogP contribution in [0.1, 0.15) is 12.5 Å². The molecule has 1 rings (SSSR count). The maximum Gasteiger partial charge on any atom is 0.248 e. The highest BCUT2D eigenvalue weighted by atomic mass is 35.5. The fourth-order valence-corrected chi connectivity index (χ4v) is 1.30. The van der Waals surface area contributed by atoms with Crippen molar-refractivity contribution in [1.82, 2.24) is 0 Å². The number of hydrogen-bond acceptors (Lipinski definition) is 0. The quantitative estimate of drug-likeness (QED) is 0.423. The van der Waals surface area contributed by atoms with Crippen LogP contribution in [0.15, 0.2) is 30.3 Å². The van der Waals surface area contributed by atoms with Gasteiger partial charge in [0.1, 0.15) is 6.54 Å². The highest BCUT2D eigenvalue weighted by Gasteiger charge is 2.36. The first-order valence-electron chi connectivity index (χ1n) is 4.58. The van der Waals surface area contributed by atoms with Crippen molar-refractivity contribution in [2.24, 2.45) is 0 Å². The van der Waals surface area contributed by atoms with Crippen molar-refractivity contribution in [1.29, 1.82) is 0 Å². The molecular formula is C11H16Cl3N. The molecule has 0 aliphatic carbocycles. The van der Waals surface area contributed by atoms with Gasteiger partial charge in [0.25, 0.3) is 0 Å². The van der Waals surface area contributed by atoms with Crippen molar-refractivity contribution in [2.45, 2.75) is 17.9 Å². The normalized spacial score (nSPS) is 12.1. The number of alkyl halides is 2. The lowest BCUT2D eigenvalue weighted by Crippen LogP contribution is -3.00. The van der Waals surface area contributed by atoms with E-state index in [1.807, 2.05) is 39.2 Å². The second-order valence-corrected chi connectivity index (χ2v) is 5.84. The maximum absolute atomic E-state index is 6.11. The lowest BCUT2D eigenvalue weighted by molar-refractivity contribution is -0.924. The first-order chi connectivity index (χ1) is 6.33. The molecule has 0 saturated heterocycles. The fraction of sp³-hybridized carbons (Fsp3) is 0.455. The third-order valence-electron chi connectivity index (χ3n) is 2.48. The zero-order chi connectivity index (χ0) is 10.8. The molecule has 0 aromatic heterocycles. The first kappa shape index (κ1) is 15.0. The molecule has 1 nitrogen and oxygen atoms in total. The molecule has 15 heavy (non-hydrogen) atoms. The predicted octanol–water partition coefficient (Wildman–Crippen LogP) is 0.418. The Balaban J connectivity index is 0.00000196. The summed E-state index contributed by atoms with van der Waals surface area (Å²) in [5, 5.41) is 0. The molecular weight excluding hydrogens is 252 g/mol. The summed E-state index contributed by atoms with van der Waals surface area (Å²) in [5.41, 5.74) is 1.24. The molecule has 86 valence electrons. The van der Waals surface area contributed by atoms with E-state index in [4.69, 9.17) is 23.2 Å². The third-order valence-corrected chi connectivity index (χ3v) is 3.40. The summed E-state index contributed by atoms with van der Waals surface area (Å²) in [6, 6.07) is 10.2. The molecule has 4 heteroatoms. The van der Waals surface area contributed by atoms with Crippen molar-refractivity contribution < 1.29 is 16.9 Å². The van der Waals surface area contributed by atoms with Gasteiger partial charge in [-0.25, -0.2) is 0 Å². The Morgan fingerprint density at radius 1 is 1.13 bits per heavy atom. The van der Waals surface area contributed by atoms with Crippen LogP contribution in [0.25, 0.3) is 0 Å². The van der Waals surface area contributed by atoms with Crippen molar-refractivity contribution in [3.05, 3.63) is 35.9 Å². The zero-order valence-corrected chi connectivity index (χ0v) is 11.4. The van der Waals surface area contributed by atoms with Crippen LogP contribution in [0.2, 0.25) is 0 Å². The number of hydrogen-bond donors (Lipinski definition) is 0. The van der Waals surface area contributed by atoms with Crippen LogP contribution in [0, 0.1) is 0 Å². The van der Waals surface area contributed by atoms with E-state index < -0.39 is 4.46 Å². The predicted molar refractivity (Wildman–Crippen MR) is 62.4 cm³/mol. The highest BCUT2D eigenvalue weighted by molar-refractivity contribution is 6.46. The summed E-state index contributed by atoms with van der Waals surface area (Å²) in [5.74, 6) is 0. The average Bonchev–Trinajstić information content (AvgIpc) is 2.03. The smallest absolute Gasteiger partial charge is 0.248 e. The Labute approximate surface area is 108 Å². The van der Waals surface area contributed by atoms with Crippen LogP contribution < -0.4 is 12.4 Å². The van der Waals surface area contributed by atoms with E-state index >= 15 is 0 Å². The van der Waals surface area contributed by atoms with Crippen LogP contribution in [0.3, 0.4) is 0 Å². The molecule has 0 amide bonds. The van der Waals surface area contributed by atoms with Gasteiger partial charge in [-0.3, -0.25) is 4.48 Å². The minimum Gasteiger partial charge on any atom is -1.00 e. The Kier molecular flexibility index (Phi) is 5.42. The van der Waals surface area contributed by atoms with Crippen LogP contribution in [0.4, 0.5) is 0 Å². The van der Waals surface area contributed by atoms with Crippen molar-refractivity contribution in [3.8, 4) is 0 Å². The van der Waals surface area contributed by atoms with Crippen LogP contribution in [-0.4, -0.2) is 23.0 Å². The number of benzene rings is 1. The molecule has 0 fully saturated rings. The van der Waals surface area contributed by atoms with Crippen molar-refractivity contribution in [3.63, 3.8) is 0 Å². The molecule has 1 aromatic rings. The third kappa shape index (κ3) is 4.20. The Hall–Kier alpha value is 0.0500. The fourth-order valence-electron chi connectivity index (χ4n) is 1.18. The number of rotatable bonds is 3. The van der Waals surface area contributed by atoms with Gasteiger partial charge >= 0.3 is 0 Å². The first-order valence-corrected chi connectivity index (χ1v) is 5.33. The summed E-state index contributed by atoms with van der Waals surface area (Å²) in [7, 11) is 4.04. The Morgan fingerprint density at radius 3 is 2.00 bits per heavy atom. The summed E-state index contributed by atoms with van der Waals surface area (Å²) >= 11 is 12.2. The highest BCUT2D eigenvalue weighted by Crippen LogP contribution is 2.31. The van der Waals surface area contributed by atoms with E-state index in [2.05, 4.69) is 12.1 Å². The molecule has 0 saturated carbocycles. The van der Waals surface area contributed by atoms with E-state index in [0.717, 1.165) is 6.54 Å². The number of quaternary nitrogens is 1. The van der Waals surface area contributed by atoms with E-state index in [1.54, 1.807) is 0 Å². The molecule has 1 aromatic carbocycles. The van der Waals surface area contributed by atoms with Crippen molar-refractivity contribution in [2.75, 3.05) is 14.1 Å². The number of halogens is 3. The molecule has 0 bridgehead atoms. The van der Waals surface area contributed by atoms with Gasteiger partial charge < -0.3 is 12.4 Å². The second kappa shape index (κ2) is 5.40. The summed E-state index contributed by atoms with van der Waals surface area (Å²) in [6.07, 6.45) is 0. The second-order valence-electron chi connectivity index (χ2n) is 4.17. The van der Waals surface area contributed by atoms with E-state index in [-0.39, 0.29) is 12.4 Å². The lowest BCUT2D eigenvalue weighted by Gasteiger charge is -2.38. The standard InChI is InChI=1S/C11H16Cl2N.ClH/c1-11(12,13)14(2,3)9-10-7-5-4-6-8-10;/h4-8H,9H2,1-3H3;1H/q+1;/p-1. The summed E-state index contributed by atoms with van der Waals surface area (Å²) < 4.78 is -0.226. The van der Waals surface area contributed by atoms with Gasteiger partial charge in [-0.2, -0.15) is 0 Å². The van der Waals surface area contributed by atoms with Crippen LogP contribution >= 0.6 is 23.2 Å². The molecule has 0 spiro atoms. The molecule has 0 aliphatic rings. The minimum atomic E-state index is -0.768. The minimum absolute atomic E-state index is 0. The van der Waals surface area contributed by atoms with Gasteiger partial charge in [0.15, 0.2) is 0 Å². The largest absolute Gasteiger partial charge is 1.00 e. The summed E-state index contributed by atoms with van der Waals surface area (Å²) in [6.45, 7) is 2.64. The SMILES string of the molecule is CC(Cl)(Cl)[N+](C)(C)Cc1ccccc1.[Cl-]. The van der Waals surface area contributed by atoms with Gasteiger partial charge in [-0.05, 0) is 23.2 Å². The molecule has 0 N–H and O–H groups in total. The van der Waals surface area contributed by atoms with Crippen LogP contribution in [0.5, 0.6) is 0 Å². The monoisotopic (exact) mass is 267 g/mol. The van der Waals surface area contributed by atoms with E-state index in [1.165, 1.54) is 5.56 Å². The summed E-state index contributed by atoms with van der Waals surface area (Å²) in [4.78, 5) is 0. The van der Waals surface area contributed by atoms with Gasteiger partial charge in [0.2, 0.25) is 4.46 Å².